The molecule has 0 spiro atoms. The lowest BCUT2D eigenvalue weighted by atomic mass is 10.0. The molecule has 0 saturated heterocycles. The van der Waals surface area contributed by atoms with E-state index in [9.17, 15) is 0 Å². The van der Waals surface area contributed by atoms with Crippen LogP contribution in [0.2, 0.25) is 0 Å². The molecule has 3 rings (SSSR count). The Labute approximate surface area is 130 Å². The van der Waals surface area contributed by atoms with Gasteiger partial charge in [-0.2, -0.15) is 0 Å². The van der Waals surface area contributed by atoms with E-state index in [1.54, 1.807) is 14.2 Å². The molecule has 1 aromatic heterocycles. The molecule has 0 radical (unpaired) electrons. The molecule has 112 valence electrons. The summed E-state index contributed by atoms with van der Waals surface area (Å²) in [6, 6.07) is 14.5. The summed E-state index contributed by atoms with van der Waals surface area (Å²) in [5.74, 6) is 1.46. The number of nitrogens with zero attached hydrogens (tertiary/aromatic N) is 1. The van der Waals surface area contributed by atoms with Crippen molar-refractivity contribution in [1.82, 2.24) is 4.98 Å². The minimum atomic E-state index is 0.725. The summed E-state index contributed by atoms with van der Waals surface area (Å²) in [6.45, 7) is 4.10. The average Bonchev–Trinajstić information content (AvgIpc) is 2.54. The SMILES string of the molecule is COc1cc2cc(-c3ccc(C)cc3)nc(C)c2cc1OC. The molecule has 0 atom stereocenters. The van der Waals surface area contributed by atoms with Crippen molar-refractivity contribution in [3.63, 3.8) is 0 Å². The molecule has 0 amide bonds. The maximum absolute atomic E-state index is 5.40. The fourth-order valence-electron chi connectivity index (χ4n) is 2.62. The Morgan fingerprint density at radius 3 is 2.09 bits per heavy atom. The van der Waals surface area contributed by atoms with Gasteiger partial charge in [0.2, 0.25) is 0 Å². The van der Waals surface area contributed by atoms with Gasteiger partial charge in [0.1, 0.15) is 0 Å². The molecule has 0 saturated carbocycles. The van der Waals surface area contributed by atoms with Crippen LogP contribution < -0.4 is 9.47 Å². The van der Waals surface area contributed by atoms with Crippen LogP contribution in [-0.2, 0) is 0 Å². The number of fused-ring (bicyclic) bond motifs is 1. The number of rotatable bonds is 3. The third-order valence-corrected chi connectivity index (χ3v) is 3.87. The molecule has 0 fully saturated rings. The zero-order valence-electron chi connectivity index (χ0n) is 13.3. The van der Waals surface area contributed by atoms with Crippen LogP contribution in [0.4, 0.5) is 0 Å². The smallest absolute Gasteiger partial charge is 0.161 e. The standard InChI is InChI=1S/C19H19NO2/c1-12-5-7-14(8-6-12)17-9-15-10-18(21-3)19(22-4)11-16(15)13(2)20-17/h5-11H,1-4H3. The van der Waals surface area contributed by atoms with E-state index in [0.717, 1.165) is 39.2 Å². The summed E-state index contributed by atoms with van der Waals surface area (Å²) in [4.78, 5) is 4.74. The Balaban J connectivity index is 2.21. The maximum Gasteiger partial charge on any atom is 0.161 e. The number of aryl methyl sites for hydroxylation is 2. The molecule has 0 aliphatic carbocycles. The normalized spacial score (nSPS) is 10.7. The second-order valence-electron chi connectivity index (χ2n) is 5.39. The van der Waals surface area contributed by atoms with Crippen molar-refractivity contribution in [2.45, 2.75) is 13.8 Å². The number of aromatic nitrogens is 1. The van der Waals surface area contributed by atoms with Gasteiger partial charge in [-0.15, -0.1) is 0 Å². The van der Waals surface area contributed by atoms with Crippen LogP contribution in [0.1, 0.15) is 11.3 Å². The van der Waals surface area contributed by atoms with E-state index in [4.69, 9.17) is 14.5 Å². The van der Waals surface area contributed by atoms with Gasteiger partial charge in [-0.1, -0.05) is 29.8 Å². The van der Waals surface area contributed by atoms with Gasteiger partial charge in [0.25, 0.3) is 0 Å². The van der Waals surface area contributed by atoms with Crippen LogP contribution in [0.15, 0.2) is 42.5 Å². The van der Waals surface area contributed by atoms with Gasteiger partial charge in [-0.05, 0) is 37.4 Å². The Bertz CT molecular complexity index is 823. The molecule has 0 unspecified atom stereocenters. The average molecular weight is 293 g/mol. The van der Waals surface area contributed by atoms with Crippen LogP contribution >= 0.6 is 0 Å². The lowest BCUT2D eigenvalue weighted by Gasteiger charge is -2.12. The lowest BCUT2D eigenvalue weighted by molar-refractivity contribution is 0.356. The zero-order chi connectivity index (χ0) is 15.7. The first kappa shape index (κ1) is 14.4. The highest BCUT2D eigenvalue weighted by atomic mass is 16.5. The van der Waals surface area contributed by atoms with Crippen LogP contribution in [0.5, 0.6) is 11.5 Å². The molecular formula is C19H19NO2. The number of methoxy groups -OCH3 is 2. The highest BCUT2D eigenvalue weighted by molar-refractivity contribution is 5.90. The van der Waals surface area contributed by atoms with Gasteiger partial charge in [0.15, 0.2) is 11.5 Å². The fourth-order valence-corrected chi connectivity index (χ4v) is 2.62. The van der Waals surface area contributed by atoms with Crippen LogP contribution in [0.3, 0.4) is 0 Å². The van der Waals surface area contributed by atoms with Gasteiger partial charge in [-0.25, -0.2) is 0 Å². The summed E-state index contributed by atoms with van der Waals surface area (Å²) in [7, 11) is 3.30. The molecule has 3 heteroatoms. The molecule has 0 bridgehead atoms. The molecule has 0 aliphatic heterocycles. The summed E-state index contributed by atoms with van der Waals surface area (Å²) < 4.78 is 10.8. The molecule has 2 aromatic carbocycles. The lowest BCUT2D eigenvalue weighted by Crippen LogP contribution is -1.94. The van der Waals surface area contributed by atoms with Crippen molar-refractivity contribution >= 4 is 10.8 Å². The highest BCUT2D eigenvalue weighted by Gasteiger charge is 2.10. The third-order valence-electron chi connectivity index (χ3n) is 3.87. The Kier molecular flexibility index (Phi) is 3.72. The molecule has 0 aliphatic rings. The molecule has 1 heterocycles. The van der Waals surface area contributed by atoms with Crippen LogP contribution in [-0.4, -0.2) is 19.2 Å². The van der Waals surface area contributed by atoms with Gasteiger partial charge in [0.05, 0.1) is 19.9 Å². The first-order valence-corrected chi connectivity index (χ1v) is 7.23. The minimum absolute atomic E-state index is 0.725. The van der Waals surface area contributed by atoms with Gasteiger partial charge in [0, 0.05) is 16.6 Å². The molecule has 3 aromatic rings. The molecule has 3 nitrogen and oxygen atoms in total. The number of benzene rings is 2. The van der Waals surface area contributed by atoms with E-state index in [1.807, 2.05) is 19.1 Å². The number of ether oxygens (including phenoxy) is 2. The monoisotopic (exact) mass is 293 g/mol. The zero-order valence-corrected chi connectivity index (χ0v) is 13.3. The summed E-state index contributed by atoms with van der Waals surface area (Å²) in [5.41, 5.74) is 4.31. The molecule has 0 N–H and O–H groups in total. The Morgan fingerprint density at radius 1 is 0.818 bits per heavy atom. The van der Waals surface area contributed by atoms with Crippen molar-refractivity contribution < 1.29 is 9.47 Å². The van der Waals surface area contributed by atoms with Crippen molar-refractivity contribution in [3.05, 3.63) is 53.7 Å². The number of pyridine rings is 1. The van der Waals surface area contributed by atoms with Crippen molar-refractivity contribution in [1.29, 1.82) is 0 Å². The predicted octanol–water partition coefficient (Wildman–Crippen LogP) is 4.54. The van der Waals surface area contributed by atoms with E-state index >= 15 is 0 Å². The topological polar surface area (TPSA) is 31.4 Å². The Morgan fingerprint density at radius 2 is 1.45 bits per heavy atom. The van der Waals surface area contributed by atoms with Crippen molar-refractivity contribution in [2.24, 2.45) is 0 Å². The fraction of sp³-hybridized carbons (Fsp3) is 0.211. The summed E-state index contributed by atoms with van der Waals surface area (Å²) >= 11 is 0. The van der Waals surface area contributed by atoms with Gasteiger partial charge >= 0.3 is 0 Å². The summed E-state index contributed by atoms with van der Waals surface area (Å²) in [6.07, 6.45) is 0. The second-order valence-corrected chi connectivity index (χ2v) is 5.39. The Hall–Kier alpha value is -2.55. The van der Waals surface area contributed by atoms with Gasteiger partial charge in [-0.3, -0.25) is 4.98 Å². The van der Waals surface area contributed by atoms with Crippen molar-refractivity contribution in [2.75, 3.05) is 14.2 Å². The maximum atomic E-state index is 5.40. The minimum Gasteiger partial charge on any atom is -0.493 e. The third kappa shape index (κ3) is 2.50. The van der Waals surface area contributed by atoms with Crippen molar-refractivity contribution in [3.8, 4) is 22.8 Å². The van der Waals surface area contributed by atoms with E-state index < -0.39 is 0 Å². The second kappa shape index (κ2) is 5.68. The number of hydrogen-bond donors (Lipinski definition) is 0. The number of hydrogen-bond acceptors (Lipinski definition) is 3. The molecular weight excluding hydrogens is 274 g/mol. The molecule has 22 heavy (non-hydrogen) atoms. The van der Waals surface area contributed by atoms with E-state index in [-0.39, 0.29) is 0 Å². The highest BCUT2D eigenvalue weighted by Crippen LogP contribution is 2.34. The van der Waals surface area contributed by atoms with E-state index in [2.05, 4.69) is 37.3 Å². The van der Waals surface area contributed by atoms with Crippen LogP contribution in [0, 0.1) is 13.8 Å². The van der Waals surface area contributed by atoms with E-state index in [1.165, 1.54) is 5.56 Å². The first-order chi connectivity index (χ1) is 10.6. The predicted molar refractivity (Wildman–Crippen MR) is 89.8 cm³/mol. The summed E-state index contributed by atoms with van der Waals surface area (Å²) in [5, 5.41) is 2.18. The first-order valence-electron chi connectivity index (χ1n) is 7.23. The van der Waals surface area contributed by atoms with Gasteiger partial charge < -0.3 is 9.47 Å². The van der Waals surface area contributed by atoms with E-state index in [0.29, 0.717) is 0 Å². The quantitative estimate of drug-likeness (QED) is 0.710. The largest absolute Gasteiger partial charge is 0.493 e. The van der Waals surface area contributed by atoms with Crippen LogP contribution in [0.25, 0.3) is 22.0 Å².